The Kier molecular flexibility index (Phi) is 5.98. The minimum Gasteiger partial charge on any atom is -0.370 e. The van der Waals surface area contributed by atoms with Gasteiger partial charge in [0.15, 0.2) is 0 Å². The lowest BCUT2D eigenvalue weighted by molar-refractivity contribution is 0.588. The first-order valence-electron chi connectivity index (χ1n) is 6.62. The number of aromatic nitrogens is 1. The molecule has 0 aliphatic rings. The second kappa shape index (κ2) is 7.28. The summed E-state index contributed by atoms with van der Waals surface area (Å²) in [5, 5.41) is 6.74. The van der Waals surface area contributed by atoms with Crippen molar-refractivity contribution in [3.63, 3.8) is 0 Å². The molecule has 0 saturated carbocycles. The molecule has 0 atom stereocenters. The standard InChI is InChI=1S/C14H25N3/c1-5-7-13-8-12(10-16-11(3)4)9-14(17-13)15-6-2/h8-9,11,16H,5-7,10H2,1-4H3,(H,15,17). The van der Waals surface area contributed by atoms with Crippen LogP contribution in [0.25, 0.3) is 0 Å². The number of pyridine rings is 1. The molecule has 0 radical (unpaired) electrons. The average molecular weight is 235 g/mol. The van der Waals surface area contributed by atoms with Crippen molar-refractivity contribution in [2.75, 3.05) is 11.9 Å². The summed E-state index contributed by atoms with van der Waals surface area (Å²) in [6, 6.07) is 4.86. The molecule has 0 aromatic carbocycles. The minimum absolute atomic E-state index is 0.514. The molecular formula is C14H25N3. The van der Waals surface area contributed by atoms with Crippen LogP contribution in [0, 0.1) is 0 Å². The van der Waals surface area contributed by atoms with Gasteiger partial charge in [-0.2, -0.15) is 0 Å². The lowest BCUT2D eigenvalue weighted by Crippen LogP contribution is -2.22. The van der Waals surface area contributed by atoms with Gasteiger partial charge in [0.25, 0.3) is 0 Å². The highest BCUT2D eigenvalue weighted by Gasteiger charge is 2.02. The lowest BCUT2D eigenvalue weighted by atomic mass is 10.1. The maximum absolute atomic E-state index is 4.60. The van der Waals surface area contributed by atoms with Crippen LogP contribution < -0.4 is 10.6 Å². The Morgan fingerprint density at radius 3 is 2.59 bits per heavy atom. The minimum atomic E-state index is 0.514. The predicted octanol–water partition coefficient (Wildman–Crippen LogP) is 2.96. The third-order valence-electron chi connectivity index (χ3n) is 2.52. The van der Waals surface area contributed by atoms with Gasteiger partial charge in [0.05, 0.1) is 0 Å². The van der Waals surface area contributed by atoms with E-state index in [1.54, 1.807) is 0 Å². The summed E-state index contributed by atoms with van der Waals surface area (Å²) < 4.78 is 0. The first-order valence-corrected chi connectivity index (χ1v) is 6.62. The molecule has 0 unspecified atom stereocenters. The normalized spacial score (nSPS) is 10.9. The van der Waals surface area contributed by atoms with Crippen molar-refractivity contribution in [3.8, 4) is 0 Å². The van der Waals surface area contributed by atoms with Crippen LogP contribution >= 0.6 is 0 Å². The molecule has 96 valence electrons. The molecule has 0 bridgehead atoms. The van der Waals surface area contributed by atoms with Crippen molar-refractivity contribution in [1.82, 2.24) is 10.3 Å². The van der Waals surface area contributed by atoms with E-state index in [0.29, 0.717) is 6.04 Å². The molecular weight excluding hydrogens is 210 g/mol. The first-order chi connectivity index (χ1) is 8.15. The Hall–Kier alpha value is -1.09. The second-order valence-corrected chi connectivity index (χ2v) is 4.67. The Labute approximate surface area is 105 Å². The molecule has 1 rings (SSSR count). The zero-order chi connectivity index (χ0) is 12.7. The molecule has 17 heavy (non-hydrogen) atoms. The van der Waals surface area contributed by atoms with Crippen LogP contribution in [0.1, 0.15) is 45.4 Å². The van der Waals surface area contributed by atoms with Crippen molar-refractivity contribution in [2.24, 2.45) is 0 Å². The number of nitrogens with zero attached hydrogens (tertiary/aromatic N) is 1. The fourth-order valence-corrected chi connectivity index (χ4v) is 1.73. The molecule has 2 N–H and O–H groups in total. The largest absolute Gasteiger partial charge is 0.370 e. The Morgan fingerprint density at radius 2 is 2.00 bits per heavy atom. The number of hydrogen-bond acceptors (Lipinski definition) is 3. The molecule has 0 fully saturated rings. The van der Waals surface area contributed by atoms with E-state index in [9.17, 15) is 0 Å². The maximum atomic E-state index is 4.60. The number of aryl methyl sites for hydroxylation is 1. The number of nitrogens with one attached hydrogen (secondary N) is 2. The highest BCUT2D eigenvalue weighted by atomic mass is 15.0. The van der Waals surface area contributed by atoms with Crippen LogP contribution in [0.5, 0.6) is 0 Å². The highest BCUT2D eigenvalue weighted by Crippen LogP contribution is 2.12. The SMILES string of the molecule is CCCc1cc(CNC(C)C)cc(NCC)n1. The van der Waals surface area contributed by atoms with Gasteiger partial charge in [0, 0.05) is 24.8 Å². The van der Waals surface area contributed by atoms with E-state index in [1.807, 2.05) is 0 Å². The molecule has 0 spiro atoms. The fraction of sp³-hybridized carbons (Fsp3) is 0.643. The van der Waals surface area contributed by atoms with Crippen LogP contribution in [0.2, 0.25) is 0 Å². The summed E-state index contributed by atoms with van der Waals surface area (Å²) in [6.07, 6.45) is 2.19. The van der Waals surface area contributed by atoms with E-state index in [2.05, 4.69) is 55.4 Å². The molecule has 3 nitrogen and oxygen atoms in total. The van der Waals surface area contributed by atoms with E-state index in [4.69, 9.17) is 0 Å². The van der Waals surface area contributed by atoms with Crippen molar-refractivity contribution in [1.29, 1.82) is 0 Å². The average Bonchev–Trinajstić information content (AvgIpc) is 2.27. The molecule has 0 saturated heterocycles. The zero-order valence-corrected chi connectivity index (χ0v) is 11.5. The van der Waals surface area contributed by atoms with E-state index in [0.717, 1.165) is 31.7 Å². The number of rotatable bonds is 7. The van der Waals surface area contributed by atoms with Gasteiger partial charge in [-0.25, -0.2) is 4.98 Å². The Morgan fingerprint density at radius 1 is 1.24 bits per heavy atom. The summed E-state index contributed by atoms with van der Waals surface area (Å²) >= 11 is 0. The Balaban J connectivity index is 2.79. The van der Waals surface area contributed by atoms with Gasteiger partial charge >= 0.3 is 0 Å². The topological polar surface area (TPSA) is 37.0 Å². The van der Waals surface area contributed by atoms with E-state index in [-0.39, 0.29) is 0 Å². The van der Waals surface area contributed by atoms with Gasteiger partial charge in [-0.3, -0.25) is 0 Å². The zero-order valence-electron chi connectivity index (χ0n) is 11.5. The molecule has 3 heteroatoms. The van der Waals surface area contributed by atoms with Gasteiger partial charge in [-0.15, -0.1) is 0 Å². The summed E-state index contributed by atoms with van der Waals surface area (Å²) in [5.41, 5.74) is 2.50. The molecule has 1 aromatic heterocycles. The van der Waals surface area contributed by atoms with E-state index in [1.165, 1.54) is 11.3 Å². The van der Waals surface area contributed by atoms with Gasteiger partial charge in [-0.1, -0.05) is 27.2 Å². The predicted molar refractivity (Wildman–Crippen MR) is 74.4 cm³/mol. The van der Waals surface area contributed by atoms with Gasteiger partial charge in [0.2, 0.25) is 0 Å². The lowest BCUT2D eigenvalue weighted by Gasteiger charge is -2.12. The fourth-order valence-electron chi connectivity index (χ4n) is 1.73. The van der Waals surface area contributed by atoms with Gasteiger partial charge in [-0.05, 0) is 31.0 Å². The van der Waals surface area contributed by atoms with Crippen molar-refractivity contribution in [3.05, 3.63) is 23.4 Å². The van der Waals surface area contributed by atoms with Crippen molar-refractivity contribution >= 4 is 5.82 Å². The quantitative estimate of drug-likeness (QED) is 0.763. The summed E-state index contributed by atoms with van der Waals surface area (Å²) in [6.45, 7) is 10.4. The van der Waals surface area contributed by atoms with Crippen LogP contribution in [-0.2, 0) is 13.0 Å². The van der Waals surface area contributed by atoms with E-state index < -0.39 is 0 Å². The molecule has 1 aromatic rings. The summed E-state index contributed by atoms with van der Waals surface area (Å²) in [4.78, 5) is 4.60. The number of anilines is 1. The summed E-state index contributed by atoms with van der Waals surface area (Å²) in [5.74, 6) is 0.999. The summed E-state index contributed by atoms with van der Waals surface area (Å²) in [7, 11) is 0. The first kappa shape index (κ1) is 14.0. The van der Waals surface area contributed by atoms with E-state index >= 15 is 0 Å². The van der Waals surface area contributed by atoms with Crippen LogP contribution in [0.3, 0.4) is 0 Å². The Bertz CT molecular complexity index is 310. The third-order valence-corrected chi connectivity index (χ3v) is 2.52. The van der Waals surface area contributed by atoms with Crippen molar-refractivity contribution in [2.45, 2.75) is 53.1 Å². The van der Waals surface area contributed by atoms with Crippen molar-refractivity contribution < 1.29 is 0 Å². The molecule has 1 heterocycles. The van der Waals surface area contributed by atoms with Crippen LogP contribution in [0.15, 0.2) is 12.1 Å². The third kappa shape index (κ3) is 5.18. The van der Waals surface area contributed by atoms with Crippen LogP contribution in [0.4, 0.5) is 5.82 Å². The molecule has 0 aliphatic heterocycles. The van der Waals surface area contributed by atoms with Gasteiger partial charge in [0.1, 0.15) is 5.82 Å². The number of hydrogen-bond donors (Lipinski definition) is 2. The van der Waals surface area contributed by atoms with Crippen LogP contribution in [-0.4, -0.2) is 17.6 Å². The maximum Gasteiger partial charge on any atom is 0.126 e. The van der Waals surface area contributed by atoms with Gasteiger partial charge < -0.3 is 10.6 Å². The smallest absolute Gasteiger partial charge is 0.126 e. The molecule has 0 aliphatic carbocycles. The molecule has 0 amide bonds. The second-order valence-electron chi connectivity index (χ2n) is 4.67. The highest BCUT2D eigenvalue weighted by molar-refractivity contribution is 5.39. The monoisotopic (exact) mass is 235 g/mol.